The first-order chi connectivity index (χ1) is 3.83. The van der Waals surface area contributed by atoms with Crippen LogP contribution in [0.3, 0.4) is 0 Å². The van der Waals surface area contributed by atoms with Crippen molar-refractivity contribution in [1.29, 1.82) is 0 Å². The zero-order chi connectivity index (χ0) is 6.83. The summed E-state index contributed by atoms with van der Waals surface area (Å²) in [6, 6.07) is 0.292. The molecule has 0 fully saturated rings. The van der Waals surface area contributed by atoms with E-state index in [1.54, 1.807) is 18.9 Å². The highest BCUT2D eigenvalue weighted by Gasteiger charge is 1.58. The van der Waals surface area contributed by atoms with Gasteiger partial charge in [-0.05, 0) is 6.26 Å². The van der Waals surface area contributed by atoms with Gasteiger partial charge in [0, 0.05) is 7.11 Å². The number of alkyl halides is 2. The maximum atomic E-state index is 5.15. The van der Waals surface area contributed by atoms with Gasteiger partial charge in [-0.2, -0.15) is 0 Å². The average Bonchev–Trinajstić information content (AvgIpc) is 1.88. The molecule has 0 spiro atoms. The Balaban J connectivity index is 0. The topological polar surface area (TPSA) is 9.23 Å². The van der Waals surface area contributed by atoms with Crippen LogP contribution in [-0.2, 0) is 4.74 Å². The third kappa shape index (κ3) is 28.6. The van der Waals surface area contributed by atoms with Crippen molar-refractivity contribution in [2.45, 2.75) is 0 Å². The van der Waals surface area contributed by atoms with E-state index in [1.807, 2.05) is 6.26 Å². The maximum Gasteiger partial charge on any atom is 0.120 e. The predicted octanol–water partition coefficient (Wildman–Crippen LogP) is 2.37. The standard InChI is InChI=1S/C2H5ClO.C2H5ClS/c2*1-4-2-3/h2*2H2,1H3. The molecular weight excluding hydrogens is 167 g/mol. The minimum Gasteiger partial charge on any atom is -0.369 e. The summed E-state index contributed by atoms with van der Waals surface area (Å²) in [6.07, 6.45) is 1.97. The Morgan fingerprint density at radius 3 is 1.75 bits per heavy atom. The van der Waals surface area contributed by atoms with Gasteiger partial charge >= 0.3 is 0 Å². The summed E-state index contributed by atoms with van der Waals surface area (Å²) in [7, 11) is 1.55. The highest BCUT2D eigenvalue weighted by atomic mass is 35.5. The van der Waals surface area contributed by atoms with Crippen LogP contribution >= 0.6 is 35.0 Å². The lowest BCUT2D eigenvalue weighted by atomic mass is 11.5. The molecule has 0 aromatic carbocycles. The SMILES string of the molecule is COCCl.CSCCl. The monoisotopic (exact) mass is 176 g/mol. The van der Waals surface area contributed by atoms with Crippen LogP contribution in [0.5, 0.6) is 0 Å². The summed E-state index contributed by atoms with van der Waals surface area (Å²) in [5.41, 5.74) is 0. The van der Waals surface area contributed by atoms with Gasteiger partial charge < -0.3 is 4.74 Å². The first-order valence-corrected chi connectivity index (χ1v) is 4.39. The van der Waals surface area contributed by atoms with Crippen molar-refractivity contribution in [3.63, 3.8) is 0 Å². The third-order valence-electron chi connectivity index (χ3n) is 0.218. The van der Waals surface area contributed by atoms with Gasteiger partial charge in [0.05, 0.1) is 5.21 Å². The van der Waals surface area contributed by atoms with E-state index in [2.05, 4.69) is 4.74 Å². The fraction of sp³-hybridized carbons (Fsp3) is 1.00. The molecule has 0 aliphatic rings. The lowest BCUT2D eigenvalue weighted by Crippen LogP contribution is -1.68. The molecule has 0 atom stereocenters. The highest BCUT2D eigenvalue weighted by molar-refractivity contribution is 7.99. The van der Waals surface area contributed by atoms with E-state index in [4.69, 9.17) is 23.2 Å². The minimum atomic E-state index is 0.292. The molecule has 0 unspecified atom stereocenters. The van der Waals surface area contributed by atoms with E-state index in [0.29, 0.717) is 11.3 Å². The van der Waals surface area contributed by atoms with Crippen LogP contribution in [-0.4, -0.2) is 24.6 Å². The van der Waals surface area contributed by atoms with Gasteiger partial charge in [-0.15, -0.1) is 23.4 Å². The van der Waals surface area contributed by atoms with Gasteiger partial charge in [-0.3, -0.25) is 0 Å². The molecule has 0 N–H and O–H groups in total. The number of hydrogen-bond acceptors (Lipinski definition) is 2. The Labute approximate surface area is 64.7 Å². The van der Waals surface area contributed by atoms with Gasteiger partial charge in [0.1, 0.15) is 6.07 Å². The third-order valence-corrected chi connectivity index (χ3v) is 1.31. The summed E-state index contributed by atoms with van der Waals surface area (Å²) >= 11 is 11.7. The average molecular weight is 177 g/mol. The molecule has 0 aliphatic carbocycles. The molecule has 52 valence electrons. The second-order valence-electron chi connectivity index (χ2n) is 0.796. The molecule has 0 aliphatic heterocycles. The van der Waals surface area contributed by atoms with Crippen LogP contribution in [0.1, 0.15) is 0 Å². The highest BCUT2D eigenvalue weighted by Crippen LogP contribution is 1.90. The van der Waals surface area contributed by atoms with Crippen molar-refractivity contribution in [1.82, 2.24) is 0 Å². The molecule has 0 heterocycles. The Kier molecular flexibility index (Phi) is 22.8. The van der Waals surface area contributed by atoms with Crippen LogP contribution in [0, 0.1) is 0 Å². The van der Waals surface area contributed by atoms with Crippen LogP contribution in [0.25, 0.3) is 0 Å². The fourth-order valence-corrected chi connectivity index (χ4v) is 0. The van der Waals surface area contributed by atoms with E-state index in [-0.39, 0.29) is 0 Å². The zero-order valence-corrected chi connectivity index (χ0v) is 7.31. The quantitative estimate of drug-likeness (QED) is 0.599. The number of thioether (sulfide) groups is 1. The smallest absolute Gasteiger partial charge is 0.120 e. The molecule has 8 heavy (non-hydrogen) atoms. The summed E-state index contributed by atoms with van der Waals surface area (Å²) in [5, 5.41) is 0.708. The molecule has 0 aromatic heterocycles. The Morgan fingerprint density at radius 1 is 1.50 bits per heavy atom. The van der Waals surface area contributed by atoms with Gasteiger partial charge in [-0.1, -0.05) is 11.6 Å². The first kappa shape index (κ1) is 11.7. The van der Waals surface area contributed by atoms with Crippen molar-refractivity contribution in [3.8, 4) is 0 Å². The largest absolute Gasteiger partial charge is 0.369 e. The predicted molar refractivity (Wildman–Crippen MR) is 42.0 cm³/mol. The molecule has 4 heteroatoms. The summed E-state index contributed by atoms with van der Waals surface area (Å²) in [4.78, 5) is 0. The number of halogens is 2. The molecular formula is C4H10Cl2OS. The minimum absolute atomic E-state index is 0.292. The van der Waals surface area contributed by atoms with E-state index in [9.17, 15) is 0 Å². The lowest BCUT2D eigenvalue weighted by Gasteiger charge is -1.74. The van der Waals surface area contributed by atoms with Crippen LogP contribution in [0.4, 0.5) is 0 Å². The van der Waals surface area contributed by atoms with Crippen molar-refractivity contribution < 1.29 is 4.74 Å². The van der Waals surface area contributed by atoms with E-state index >= 15 is 0 Å². The van der Waals surface area contributed by atoms with E-state index in [1.165, 1.54) is 0 Å². The second-order valence-corrected chi connectivity index (χ2v) is 2.46. The molecule has 0 saturated carbocycles. The molecule has 0 amide bonds. The summed E-state index contributed by atoms with van der Waals surface area (Å²) < 4.78 is 4.31. The van der Waals surface area contributed by atoms with Crippen LogP contribution < -0.4 is 0 Å². The van der Waals surface area contributed by atoms with Crippen molar-refractivity contribution in [3.05, 3.63) is 0 Å². The number of ether oxygens (including phenoxy) is 1. The van der Waals surface area contributed by atoms with E-state index in [0.717, 1.165) is 0 Å². The van der Waals surface area contributed by atoms with Gasteiger partial charge in [-0.25, -0.2) is 0 Å². The zero-order valence-electron chi connectivity index (χ0n) is 4.99. The number of methoxy groups -OCH3 is 1. The van der Waals surface area contributed by atoms with Crippen LogP contribution in [0.2, 0.25) is 0 Å². The molecule has 0 bridgehead atoms. The lowest BCUT2D eigenvalue weighted by molar-refractivity contribution is 0.254. The van der Waals surface area contributed by atoms with Crippen molar-refractivity contribution in [2.75, 3.05) is 24.6 Å². The molecule has 1 nitrogen and oxygen atoms in total. The van der Waals surface area contributed by atoms with Gasteiger partial charge in [0.2, 0.25) is 0 Å². The second kappa shape index (κ2) is 15.7. The molecule has 0 aromatic rings. The Morgan fingerprint density at radius 2 is 1.75 bits per heavy atom. The van der Waals surface area contributed by atoms with Crippen LogP contribution in [0.15, 0.2) is 0 Å². The number of rotatable bonds is 2. The first-order valence-electron chi connectivity index (χ1n) is 1.93. The summed E-state index contributed by atoms with van der Waals surface area (Å²) in [5.74, 6) is 0. The summed E-state index contributed by atoms with van der Waals surface area (Å²) in [6.45, 7) is 0. The Hall–Kier alpha value is 0.890. The van der Waals surface area contributed by atoms with Crippen molar-refractivity contribution >= 4 is 35.0 Å². The molecule has 0 saturated heterocycles. The molecule has 0 radical (unpaired) electrons. The molecule has 0 rings (SSSR count). The van der Waals surface area contributed by atoms with Gasteiger partial charge in [0.25, 0.3) is 0 Å². The normalized spacial score (nSPS) is 7.50. The fourth-order valence-electron chi connectivity index (χ4n) is 0. The van der Waals surface area contributed by atoms with Gasteiger partial charge in [0.15, 0.2) is 0 Å². The van der Waals surface area contributed by atoms with E-state index < -0.39 is 0 Å². The number of hydrogen-bond donors (Lipinski definition) is 0. The Bertz CT molecular complexity index is 22.0. The maximum absolute atomic E-state index is 5.15. The van der Waals surface area contributed by atoms with Crippen molar-refractivity contribution in [2.24, 2.45) is 0 Å².